The molecule has 0 aliphatic heterocycles. The number of hydrogen-bond donors (Lipinski definition) is 0. The first-order valence-corrected chi connectivity index (χ1v) is 13.2. The minimum atomic E-state index is -2.48. The largest absolute Gasteiger partial charge is 0.344 e. The molecule has 0 saturated carbocycles. The number of hydrogen-bond acceptors (Lipinski definition) is 0. The quantitative estimate of drug-likeness (QED) is 0.182. The van der Waals surface area contributed by atoms with Gasteiger partial charge in [0.1, 0.15) is 0 Å². The van der Waals surface area contributed by atoms with Gasteiger partial charge >= 0.3 is 6.00 Å². The van der Waals surface area contributed by atoms with Crippen LogP contribution in [0, 0.1) is 0 Å². The van der Waals surface area contributed by atoms with Crippen molar-refractivity contribution < 1.29 is 0 Å². The maximum absolute atomic E-state index is 6.16. The van der Waals surface area contributed by atoms with Crippen molar-refractivity contribution in [2.75, 3.05) is 0 Å². The molecule has 0 rings (SSSR count). The molecule has 0 aromatic rings. The Morgan fingerprint density at radius 2 is 1.11 bits per heavy atom. The molecular weight excluding hydrogens is 315 g/mol. The molecule has 0 bridgehead atoms. The molecular formula is C15H31Cl3Si. The van der Waals surface area contributed by atoms with Gasteiger partial charge in [-0.2, -0.15) is 0 Å². The minimum absolute atomic E-state index is 0.368. The summed E-state index contributed by atoms with van der Waals surface area (Å²) in [5.41, 5.74) is 0.368. The third kappa shape index (κ3) is 12.5. The zero-order valence-corrected chi connectivity index (χ0v) is 16.0. The fourth-order valence-electron chi connectivity index (χ4n) is 2.52. The first-order chi connectivity index (χ1) is 9.02. The van der Waals surface area contributed by atoms with Crippen molar-refractivity contribution in [2.45, 2.75) is 96.4 Å². The molecule has 0 spiro atoms. The summed E-state index contributed by atoms with van der Waals surface area (Å²) >= 11 is 18.5. The third-order valence-corrected chi connectivity index (χ3v) is 8.04. The van der Waals surface area contributed by atoms with E-state index in [2.05, 4.69) is 13.8 Å². The van der Waals surface area contributed by atoms with E-state index in [4.69, 9.17) is 33.2 Å². The van der Waals surface area contributed by atoms with Gasteiger partial charge in [0.05, 0.1) is 0 Å². The number of halogens is 3. The molecule has 0 aromatic heterocycles. The topological polar surface area (TPSA) is 0 Å². The van der Waals surface area contributed by atoms with Crippen molar-refractivity contribution in [2.24, 2.45) is 0 Å². The van der Waals surface area contributed by atoms with E-state index in [9.17, 15) is 0 Å². The fraction of sp³-hybridized carbons (Fsp3) is 1.00. The predicted octanol–water partition coefficient (Wildman–Crippen LogP) is 7.73. The van der Waals surface area contributed by atoms with Gasteiger partial charge in [0.25, 0.3) is 0 Å². The molecule has 0 heterocycles. The summed E-state index contributed by atoms with van der Waals surface area (Å²) in [5, 5.41) is 0. The van der Waals surface area contributed by atoms with E-state index in [1.54, 1.807) is 0 Å². The average molecular weight is 346 g/mol. The molecule has 1 unspecified atom stereocenters. The highest BCUT2D eigenvalue weighted by Crippen LogP contribution is 2.40. The van der Waals surface area contributed by atoms with Crippen LogP contribution < -0.4 is 0 Å². The molecule has 0 radical (unpaired) electrons. The van der Waals surface area contributed by atoms with Crippen molar-refractivity contribution >= 4 is 39.2 Å². The first kappa shape index (κ1) is 20.1. The first-order valence-electron chi connectivity index (χ1n) is 8.09. The molecule has 116 valence electrons. The Kier molecular flexibility index (Phi) is 13.5. The van der Waals surface area contributed by atoms with Crippen molar-refractivity contribution in [1.29, 1.82) is 0 Å². The highest BCUT2D eigenvalue weighted by Gasteiger charge is 2.35. The summed E-state index contributed by atoms with van der Waals surface area (Å²) in [7, 11) is 0. The number of rotatable bonds is 13. The second kappa shape index (κ2) is 12.8. The molecule has 0 saturated heterocycles. The second-order valence-electron chi connectivity index (χ2n) is 5.64. The van der Waals surface area contributed by atoms with Crippen molar-refractivity contribution in [3.8, 4) is 0 Å². The van der Waals surface area contributed by atoms with Crippen LogP contribution in [0.3, 0.4) is 0 Å². The van der Waals surface area contributed by atoms with Gasteiger partial charge < -0.3 is 0 Å². The molecule has 0 amide bonds. The van der Waals surface area contributed by atoms with E-state index in [0.29, 0.717) is 5.54 Å². The molecule has 0 aliphatic rings. The summed E-state index contributed by atoms with van der Waals surface area (Å²) < 4.78 is 0. The average Bonchev–Trinajstić information content (AvgIpc) is 2.34. The smallest absolute Gasteiger partial charge is 0.126 e. The molecule has 0 aromatic carbocycles. The lowest BCUT2D eigenvalue weighted by molar-refractivity contribution is 0.541. The van der Waals surface area contributed by atoms with Crippen LogP contribution >= 0.6 is 33.2 Å². The van der Waals surface area contributed by atoms with Gasteiger partial charge in [-0.15, -0.1) is 33.2 Å². The molecule has 0 aliphatic carbocycles. The Labute approximate surface area is 135 Å². The molecule has 1 atom stereocenters. The summed E-state index contributed by atoms with van der Waals surface area (Å²) in [5.74, 6) is 0. The van der Waals surface area contributed by atoms with Gasteiger partial charge in [-0.3, -0.25) is 0 Å². The van der Waals surface area contributed by atoms with Gasteiger partial charge in [-0.25, -0.2) is 0 Å². The Morgan fingerprint density at radius 1 is 0.632 bits per heavy atom. The summed E-state index contributed by atoms with van der Waals surface area (Å²) in [6.07, 6.45) is 15.6. The molecule has 0 nitrogen and oxygen atoms in total. The van der Waals surface area contributed by atoms with Crippen LogP contribution in [-0.4, -0.2) is 6.00 Å². The van der Waals surface area contributed by atoms with E-state index in [1.165, 1.54) is 57.8 Å². The van der Waals surface area contributed by atoms with Crippen molar-refractivity contribution in [3.63, 3.8) is 0 Å². The number of unbranched alkanes of at least 4 members (excludes halogenated alkanes) is 8. The predicted molar refractivity (Wildman–Crippen MR) is 93.8 cm³/mol. The maximum atomic E-state index is 6.16. The van der Waals surface area contributed by atoms with E-state index >= 15 is 0 Å². The third-order valence-electron chi connectivity index (χ3n) is 3.76. The summed E-state index contributed by atoms with van der Waals surface area (Å²) in [4.78, 5) is 0. The fourth-order valence-corrected chi connectivity index (χ4v) is 5.63. The van der Waals surface area contributed by atoms with Crippen molar-refractivity contribution in [3.05, 3.63) is 0 Å². The Morgan fingerprint density at radius 3 is 1.53 bits per heavy atom. The van der Waals surface area contributed by atoms with E-state index < -0.39 is 6.00 Å². The van der Waals surface area contributed by atoms with Crippen LogP contribution in [0.2, 0.25) is 5.54 Å². The SMILES string of the molecule is CCCCCCCCCCCC(CCC)[Si](Cl)(Cl)Cl. The maximum Gasteiger partial charge on any atom is 0.344 e. The van der Waals surface area contributed by atoms with Crippen LogP contribution in [0.25, 0.3) is 0 Å². The summed E-state index contributed by atoms with van der Waals surface area (Å²) in [6, 6.07) is -2.48. The highest BCUT2D eigenvalue weighted by atomic mass is 35.8. The van der Waals surface area contributed by atoms with E-state index in [-0.39, 0.29) is 0 Å². The van der Waals surface area contributed by atoms with E-state index in [1.807, 2.05) is 0 Å². The lowest BCUT2D eigenvalue weighted by Gasteiger charge is -2.21. The Balaban J connectivity index is 3.45. The van der Waals surface area contributed by atoms with Gasteiger partial charge in [0.2, 0.25) is 0 Å². The standard InChI is InChI=1S/C15H31Cl3Si/c1-3-5-6-7-8-9-10-11-12-14-15(13-4-2)19(16,17)18/h15H,3-14H2,1-2H3. The lowest BCUT2D eigenvalue weighted by atomic mass is 10.0. The van der Waals surface area contributed by atoms with Crippen LogP contribution in [0.5, 0.6) is 0 Å². The van der Waals surface area contributed by atoms with E-state index in [0.717, 1.165) is 19.3 Å². The molecule has 0 N–H and O–H groups in total. The van der Waals surface area contributed by atoms with Crippen LogP contribution in [0.1, 0.15) is 90.9 Å². The van der Waals surface area contributed by atoms with Gasteiger partial charge in [0, 0.05) is 0 Å². The molecule has 19 heavy (non-hydrogen) atoms. The van der Waals surface area contributed by atoms with Crippen LogP contribution in [-0.2, 0) is 0 Å². The monoisotopic (exact) mass is 344 g/mol. The van der Waals surface area contributed by atoms with Gasteiger partial charge in [0.15, 0.2) is 0 Å². The lowest BCUT2D eigenvalue weighted by Crippen LogP contribution is -2.19. The van der Waals surface area contributed by atoms with Crippen molar-refractivity contribution in [1.82, 2.24) is 0 Å². The Hall–Kier alpha value is 1.09. The zero-order chi connectivity index (χ0) is 14.6. The highest BCUT2D eigenvalue weighted by molar-refractivity contribution is 7.65. The van der Waals surface area contributed by atoms with Gasteiger partial charge in [-0.1, -0.05) is 78.1 Å². The molecule has 4 heteroatoms. The zero-order valence-electron chi connectivity index (χ0n) is 12.7. The Bertz CT molecular complexity index is 192. The minimum Gasteiger partial charge on any atom is -0.126 e. The molecule has 0 fully saturated rings. The summed E-state index contributed by atoms with van der Waals surface area (Å²) in [6.45, 7) is 4.44. The van der Waals surface area contributed by atoms with Gasteiger partial charge in [-0.05, 0) is 18.4 Å². The normalized spacial score (nSPS) is 13.7. The van der Waals surface area contributed by atoms with Crippen LogP contribution in [0.15, 0.2) is 0 Å². The van der Waals surface area contributed by atoms with Crippen LogP contribution in [0.4, 0.5) is 0 Å². The second-order valence-corrected chi connectivity index (χ2v) is 14.7.